The normalized spacial score (nSPS) is 16.2. The smallest absolute Gasteiger partial charge is 0.306 e. The van der Waals surface area contributed by atoms with Crippen LogP contribution in [0.1, 0.15) is 92.0 Å². The molecule has 8 rings (SSSR count). The highest BCUT2D eigenvalue weighted by Crippen LogP contribution is 2.42. The fourth-order valence-electron chi connectivity index (χ4n) is 9.26. The van der Waals surface area contributed by atoms with Crippen molar-refractivity contribution >= 4 is 58.4 Å². The summed E-state index contributed by atoms with van der Waals surface area (Å²) in [5.74, 6) is -0.756. The number of nitrogens with zero attached hydrogens (tertiary/aromatic N) is 7. The molecule has 2 aromatic carbocycles. The number of aromatic nitrogens is 4. The maximum atomic E-state index is 15.8. The van der Waals surface area contributed by atoms with Crippen LogP contribution < -0.4 is 26.4 Å². The number of halogens is 2. The van der Waals surface area contributed by atoms with Crippen LogP contribution in [0.15, 0.2) is 67.1 Å². The molecule has 6 heterocycles. The average molecular weight is 954 g/mol. The predicted octanol–water partition coefficient (Wildman–Crippen LogP) is 6.52. The van der Waals surface area contributed by atoms with Gasteiger partial charge in [-0.1, -0.05) is 11.6 Å². The Kier molecular flexibility index (Phi) is 14.5. The summed E-state index contributed by atoms with van der Waals surface area (Å²) >= 11 is 6.02. The molecule has 1 atom stereocenters. The van der Waals surface area contributed by atoms with Crippen LogP contribution >= 0.6 is 11.6 Å². The van der Waals surface area contributed by atoms with Gasteiger partial charge in [-0.25, -0.2) is 19.3 Å². The number of hydrogen-bond acceptors (Lipinski definition) is 13. The van der Waals surface area contributed by atoms with Crippen molar-refractivity contribution in [2.75, 3.05) is 68.5 Å². The second-order valence-corrected chi connectivity index (χ2v) is 19.3. The van der Waals surface area contributed by atoms with Gasteiger partial charge in [-0.15, -0.1) is 0 Å². The second kappa shape index (κ2) is 20.5. The molecule has 2 saturated heterocycles. The van der Waals surface area contributed by atoms with E-state index in [0.717, 1.165) is 70.4 Å². The molecular weight excluding hydrogens is 895 g/mol. The SMILES string of the molecule is CC(C)(C)OC(=O)CCC(C(N)=O)N1Cc2cc(OCCCCCOCCN3CC4(CCN(c5nc(-c6ccc(C(=O)Nc7cc(Cl)ccn7)cc6F)c6c(N)nccn56)CC4)C3)ccc2C1=O. The molecule has 5 N–H and O–H groups in total. The number of esters is 1. The van der Waals surface area contributed by atoms with E-state index in [1.807, 2.05) is 10.5 Å². The Morgan fingerprint density at radius 1 is 0.956 bits per heavy atom. The monoisotopic (exact) mass is 952 g/mol. The third kappa shape index (κ3) is 11.1. The number of ether oxygens (including phenoxy) is 3. The van der Waals surface area contributed by atoms with Crippen molar-refractivity contribution in [1.82, 2.24) is 29.2 Å². The van der Waals surface area contributed by atoms with Gasteiger partial charge in [0.2, 0.25) is 11.9 Å². The fourth-order valence-corrected chi connectivity index (χ4v) is 9.42. The quantitative estimate of drug-likeness (QED) is 0.0595. The Balaban J connectivity index is 0.731. The van der Waals surface area contributed by atoms with Crippen LogP contribution in [-0.2, 0) is 25.6 Å². The molecule has 0 saturated carbocycles. The summed E-state index contributed by atoms with van der Waals surface area (Å²) in [5.41, 5.74) is 14.0. The van der Waals surface area contributed by atoms with Crippen LogP contribution in [0.25, 0.3) is 16.8 Å². The van der Waals surface area contributed by atoms with Crippen LogP contribution in [0.2, 0.25) is 5.02 Å². The number of hydrogen-bond donors (Lipinski definition) is 3. The third-order valence-electron chi connectivity index (χ3n) is 12.6. The first-order valence-electron chi connectivity index (χ1n) is 23.0. The van der Waals surface area contributed by atoms with Crippen LogP contribution in [0, 0.1) is 11.2 Å². The maximum absolute atomic E-state index is 15.8. The highest BCUT2D eigenvalue weighted by atomic mass is 35.5. The number of amides is 3. The predicted molar refractivity (Wildman–Crippen MR) is 255 cm³/mol. The molecule has 68 heavy (non-hydrogen) atoms. The first-order valence-corrected chi connectivity index (χ1v) is 23.4. The Labute approximate surface area is 399 Å². The van der Waals surface area contributed by atoms with Crippen molar-refractivity contribution in [2.24, 2.45) is 11.1 Å². The van der Waals surface area contributed by atoms with E-state index in [2.05, 4.69) is 25.1 Å². The minimum absolute atomic E-state index is 0.0298. The Morgan fingerprint density at radius 2 is 1.72 bits per heavy atom. The lowest BCUT2D eigenvalue weighted by Gasteiger charge is -2.54. The number of rotatable bonds is 19. The number of carbonyl (C=O) groups excluding carboxylic acids is 4. The van der Waals surface area contributed by atoms with Gasteiger partial charge in [0.15, 0.2) is 0 Å². The van der Waals surface area contributed by atoms with E-state index in [4.69, 9.17) is 42.3 Å². The fraction of sp³-hybridized carbons (Fsp3) is 0.449. The Hall–Kier alpha value is -6.37. The topological polar surface area (TPSA) is 213 Å². The van der Waals surface area contributed by atoms with Gasteiger partial charge in [0.05, 0.1) is 13.2 Å². The number of anilines is 3. The van der Waals surface area contributed by atoms with Gasteiger partial charge in [0.25, 0.3) is 11.8 Å². The number of imidazole rings is 1. The summed E-state index contributed by atoms with van der Waals surface area (Å²) in [6, 6.07) is 11.7. The number of carbonyl (C=O) groups is 4. The number of benzene rings is 2. The zero-order valence-corrected chi connectivity index (χ0v) is 39.4. The maximum Gasteiger partial charge on any atom is 0.306 e. The zero-order chi connectivity index (χ0) is 48.2. The van der Waals surface area contributed by atoms with E-state index >= 15 is 4.39 Å². The molecule has 17 nitrogen and oxygen atoms in total. The summed E-state index contributed by atoms with van der Waals surface area (Å²) in [7, 11) is 0. The number of unbranched alkanes of at least 4 members (excludes halogenated alkanes) is 2. The van der Waals surface area contributed by atoms with E-state index in [1.165, 1.54) is 35.4 Å². The molecule has 0 aliphatic carbocycles. The number of piperidine rings is 1. The minimum atomic E-state index is -0.926. The molecular formula is C49H58ClFN10O7. The summed E-state index contributed by atoms with van der Waals surface area (Å²) < 4.78 is 35.0. The first-order chi connectivity index (χ1) is 32.6. The van der Waals surface area contributed by atoms with E-state index in [9.17, 15) is 19.2 Å². The highest BCUT2D eigenvalue weighted by molar-refractivity contribution is 6.30. The molecule has 0 radical (unpaired) electrons. The number of nitrogen functional groups attached to an aromatic ring is 1. The van der Waals surface area contributed by atoms with Crippen molar-refractivity contribution < 1.29 is 37.8 Å². The second-order valence-electron chi connectivity index (χ2n) is 18.8. The molecule has 19 heteroatoms. The van der Waals surface area contributed by atoms with Crippen molar-refractivity contribution in [2.45, 2.75) is 83.9 Å². The molecule has 3 aliphatic heterocycles. The molecule has 1 unspecified atom stereocenters. The first kappa shape index (κ1) is 48.1. The summed E-state index contributed by atoms with van der Waals surface area (Å²) in [6.45, 7) is 11.9. The van der Waals surface area contributed by atoms with Crippen molar-refractivity contribution in [3.8, 4) is 17.0 Å². The highest BCUT2D eigenvalue weighted by Gasteiger charge is 2.45. The van der Waals surface area contributed by atoms with Gasteiger partial charge in [0, 0.05) is 92.6 Å². The summed E-state index contributed by atoms with van der Waals surface area (Å²) in [5, 5.41) is 3.06. The third-order valence-corrected chi connectivity index (χ3v) is 12.9. The van der Waals surface area contributed by atoms with Crippen LogP contribution in [0.4, 0.5) is 22.0 Å². The Morgan fingerprint density at radius 3 is 2.46 bits per heavy atom. The molecule has 1 spiro atoms. The van der Waals surface area contributed by atoms with E-state index in [-0.39, 0.29) is 53.5 Å². The van der Waals surface area contributed by atoms with Gasteiger partial charge in [-0.05, 0) is 119 Å². The van der Waals surface area contributed by atoms with Gasteiger partial charge in [0.1, 0.15) is 46.1 Å². The zero-order valence-electron chi connectivity index (χ0n) is 38.6. The van der Waals surface area contributed by atoms with Gasteiger partial charge in [-0.2, -0.15) is 0 Å². The van der Waals surface area contributed by atoms with Crippen LogP contribution in [-0.4, -0.2) is 117 Å². The molecule has 2 fully saturated rings. The molecule has 360 valence electrons. The lowest BCUT2D eigenvalue weighted by molar-refractivity contribution is -0.155. The van der Waals surface area contributed by atoms with Crippen molar-refractivity contribution in [3.63, 3.8) is 0 Å². The van der Waals surface area contributed by atoms with Gasteiger partial charge < -0.3 is 40.8 Å². The summed E-state index contributed by atoms with van der Waals surface area (Å²) in [6.07, 6.45) is 9.62. The lowest BCUT2D eigenvalue weighted by Crippen LogP contribution is -2.60. The average Bonchev–Trinajstić information content (AvgIpc) is 3.82. The van der Waals surface area contributed by atoms with Crippen LogP contribution in [0.5, 0.6) is 5.75 Å². The number of fused-ring (bicyclic) bond motifs is 2. The van der Waals surface area contributed by atoms with Crippen molar-refractivity contribution in [3.05, 3.63) is 94.7 Å². The van der Waals surface area contributed by atoms with Gasteiger partial charge in [-0.3, -0.25) is 28.5 Å². The number of nitrogens with two attached hydrogens (primary N) is 2. The number of nitrogens with one attached hydrogen (secondary N) is 1. The van der Waals surface area contributed by atoms with E-state index in [0.29, 0.717) is 53.3 Å². The Bertz CT molecular complexity index is 2680. The standard InChI is InChI=1S/C49H58ClFN10O7/c1-48(2,3)68-40(62)12-11-38(44(53)63)61-28-32-25-34(8-10-35(32)46(61)65)67-23-6-4-5-22-66-24-21-58-29-49(30-58)14-18-59(19-15-49)47-57-41(42-43(52)55-17-20-60(42)47)36-9-7-31(26-37(36)51)45(64)56-39-27-33(50)13-16-54-39/h7-10,13,16-17,20,25-27,38H,4-6,11-12,14-15,18-19,21-24,28-30H2,1-3H3,(H2,52,55)(H2,53,63)(H,54,56,64). The number of pyridine rings is 1. The molecule has 0 bridgehead atoms. The molecule has 5 aromatic rings. The number of primary amides is 1. The summed E-state index contributed by atoms with van der Waals surface area (Å²) in [4.78, 5) is 70.0. The minimum Gasteiger partial charge on any atom is -0.494 e. The van der Waals surface area contributed by atoms with E-state index in [1.54, 1.807) is 51.4 Å². The molecule has 3 amide bonds. The molecule has 3 aromatic heterocycles. The van der Waals surface area contributed by atoms with Crippen LogP contribution in [0.3, 0.4) is 0 Å². The van der Waals surface area contributed by atoms with Crippen molar-refractivity contribution in [1.29, 1.82) is 0 Å². The molecule has 3 aliphatic rings. The largest absolute Gasteiger partial charge is 0.494 e. The van der Waals surface area contributed by atoms with Gasteiger partial charge >= 0.3 is 5.97 Å². The number of likely N-dealkylation sites (tertiary alicyclic amines) is 1. The van der Waals surface area contributed by atoms with E-state index < -0.39 is 35.2 Å². The lowest BCUT2D eigenvalue weighted by atomic mass is 9.72.